The zero-order valence-corrected chi connectivity index (χ0v) is 10.3. The molecular weight excluding hydrogens is 237 g/mol. The van der Waals surface area contributed by atoms with E-state index in [1.54, 1.807) is 23.6 Å². The minimum atomic E-state index is -0.288. The summed E-state index contributed by atoms with van der Waals surface area (Å²) in [6.07, 6.45) is 1.78. The molecule has 0 saturated carbocycles. The van der Waals surface area contributed by atoms with Crippen molar-refractivity contribution in [3.63, 3.8) is 0 Å². The fourth-order valence-electron chi connectivity index (χ4n) is 1.51. The Hall–Kier alpha value is -1.62. The van der Waals surface area contributed by atoms with Gasteiger partial charge in [-0.1, -0.05) is 6.92 Å². The van der Waals surface area contributed by atoms with Crippen molar-refractivity contribution < 1.29 is 4.39 Å². The van der Waals surface area contributed by atoms with Gasteiger partial charge < -0.3 is 11.1 Å². The lowest BCUT2D eigenvalue weighted by molar-refractivity contribution is 0.628. The van der Waals surface area contributed by atoms with Gasteiger partial charge in [0.25, 0.3) is 0 Å². The molecule has 17 heavy (non-hydrogen) atoms. The lowest BCUT2D eigenvalue weighted by Crippen LogP contribution is -2.11. The van der Waals surface area contributed by atoms with Crippen LogP contribution in [0.25, 0.3) is 0 Å². The molecule has 0 aliphatic rings. The van der Waals surface area contributed by atoms with E-state index < -0.39 is 0 Å². The van der Waals surface area contributed by atoms with Crippen LogP contribution in [0.15, 0.2) is 29.8 Å². The van der Waals surface area contributed by atoms with Crippen LogP contribution in [-0.4, -0.2) is 11.5 Å². The molecule has 0 saturated heterocycles. The molecule has 2 aromatic rings. The van der Waals surface area contributed by atoms with E-state index in [0.29, 0.717) is 17.9 Å². The third kappa shape index (κ3) is 2.94. The number of benzene rings is 1. The summed E-state index contributed by atoms with van der Waals surface area (Å²) in [6.45, 7) is 2.75. The van der Waals surface area contributed by atoms with Gasteiger partial charge in [0.1, 0.15) is 5.82 Å². The topological polar surface area (TPSA) is 50.9 Å². The largest absolute Gasteiger partial charge is 0.397 e. The summed E-state index contributed by atoms with van der Waals surface area (Å²) < 4.78 is 13.0. The summed E-state index contributed by atoms with van der Waals surface area (Å²) in [5.41, 5.74) is 6.94. The molecule has 3 nitrogen and oxygen atoms in total. The standard InChI is InChI=1S/C12H14FN3S/c1-8(12-15-4-5-17-12)7-16-11-6-9(13)2-3-10(11)14/h2-6,8,16H,7,14H2,1H3. The van der Waals surface area contributed by atoms with Crippen LogP contribution in [0.4, 0.5) is 15.8 Å². The monoisotopic (exact) mass is 251 g/mol. The molecule has 0 bridgehead atoms. The van der Waals surface area contributed by atoms with Crippen LogP contribution < -0.4 is 11.1 Å². The van der Waals surface area contributed by atoms with Crippen LogP contribution in [0.2, 0.25) is 0 Å². The summed E-state index contributed by atoms with van der Waals surface area (Å²) in [5.74, 6) is -0.0127. The summed E-state index contributed by atoms with van der Waals surface area (Å²) in [5, 5.41) is 6.15. The number of hydrogen-bond acceptors (Lipinski definition) is 4. The van der Waals surface area contributed by atoms with E-state index in [4.69, 9.17) is 5.73 Å². The van der Waals surface area contributed by atoms with Crippen molar-refractivity contribution in [1.29, 1.82) is 0 Å². The molecule has 0 radical (unpaired) electrons. The van der Waals surface area contributed by atoms with Crippen LogP contribution in [-0.2, 0) is 0 Å². The molecule has 1 aromatic heterocycles. The number of nitrogen functional groups attached to an aromatic ring is 1. The number of nitrogens with two attached hydrogens (primary N) is 1. The zero-order valence-electron chi connectivity index (χ0n) is 9.48. The molecule has 0 spiro atoms. The molecule has 0 aliphatic carbocycles. The Morgan fingerprint density at radius 3 is 3.06 bits per heavy atom. The molecule has 1 unspecified atom stereocenters. The fourth-order valence-corrected chi connectivity index (χ4v) is 2.21. The molecule has 3 N–H and O–H groups in total. The number of halogens is 1. The number of rotatable bonds is 4. The summed E-state index contributed by atoms with van der Waals surface area (Å²) >= 11 is 1.62. The van der Waals surface area contributed by atoms with E-state index >= 15 is 0 Å². The molecule has 1 atom stereocenters. The number of anilines is 2. The van der Waals surface area contributed by atoms with Gasteiger partial charge in [0.05, 0.1) is 16.4 Å². The van der Waals surface area contributed by atoms with Crippen LogP contribution >= 0.6 is 11.3 Å². The molecule has 1 aromatic carbocycles. The van der Waals surface area contributed by atoms with Crippen molar-refractivity contribution in [3.05, 3.63) is 40.6 Å². The smallest absolute Gasteiger partial charge is 0.125 e. The maximum absolute atomic E-state index is 13.0. The minimum Gasteiger partial charge on any atom is -0.397 e. The molecule has 0 fully saturated rings. The lowest BCUT2D eigenvalue weighted by Gasteiger charge is -2.13. The predicted octanol–water partition coefficient (Wildman–Crippen LogP) is 3.08. The Kier molecular flexibility index (Phi) is 3.58. The van der Waals surface area contributed by atoms with Gasteiger partial charge in [0.15, 0.2) is 0 Å². The molecule has 5 heteroatoms. The van der Waals surface area contributed by atoms with Gasteiger partial charge in [-0.2, -0.15) is 0 Å². The fraction of sp³-hybridized carbons (Fsp3) is 0.250. The van der Waals surface area contributed by atoms with E-state index in [9.17, 15) is 4.39 Å². The van der Waals surface area contributed by atoms with Crippen LogP contribution in [0.5, 0.6) is 0 Å². The third-order valence-electron chi connectivity index (χ3n) is 2.49. The second-order valence-corrected chi connectivity index (χ2v) is 4.81. The first-order valence-corrected chi connectivity index (χ1v) is 6.23. The Morgan fingerprint density at radius 1 is 1.53 bits per heavy atom. The van der Waals surface area contributed by atoms with Crippen LogP contribution in [0, 0.1) is 5.82 Å². The molecule has 1 heterocycles. The maximum Gasteiger partial charge on any atom is 0.125 e. The normalized spacial score (nSPS) is 12.4. The third-order valence-corrected chi connectivity index (χ3v) is 3.49. The van der Waals surface area contributed by atoms with Crippen molar-refractivity contribution in [3.8, 4) is 0 Å². The second kappa shape index (κ2) is 5.14. The molecular formula is C12H14FN3S. The van der Waals surface area contributed by atoms with Gasteiger partial charge in [0.2, 0.25) is 0 Å². The molecule has 90 valence electrons. The molecule has 0 amide bonds. The van der Waals surface area contributed by atoms with Crippen molar-refractivity contribution in [2.24, 2.45) is 0 Å². The number of nitrogens with zero attached hydrogens (tertiary/aromatic N) is 1. The highest BCUT2D eigenvalue weighted by Crippen LogP contribution is 2.22. The predicted molar refractivity (Wildman–Crippen MR) is 69.8 cm³/mol. The highest BCUT2D eigenvalue weighted by Gasteiger charge is 2.08. The summed E-state index contributed by atoms with van der Waals surface area (Å²) in [6, 6.07) is 4.32. The van der Waals surface area contributed by atoms with Crippen LogP contribution in [0.3, 0.4) is 0 Å². The lowest BCUT2D eigenvalue weighted by atomic mass is 10.2. The minimum absolute atomic E-state index is 0.276. The average molecular weight is 251 g/mol. The number of aromatic nitrogens is 1. The molecule has 2 rings (SSSR count). The van der Waals surface area contributed by atoms with E-state index in [0.717, 1.165) is 5.01 Å². The first-order valence-electron chi connectivity index (χ1n) is 5.35. The highest BCUT2D eigenvalue weighted by molar-refractivity contribution is 7.09. The van der Waals surface area contributed by atoms with Gasteiger partial charge in [-0.25, -0.2) is 9.37 Å². The van der Waals surface area contributed by atoms with E-state index in [2.05, 4.69) is 17.2 Å². The van der Waals surface area contributed by atoms with Crippen molar-refractivity contribution in [2.75, 3.05) is 17.6 Å². The van der Waals surface area contributed by atoms with E-state index in [-0.39, 0.29) is 11.7 Å². The van der Waals surface area contributed by atoms with Crippen molar-refractivity contribution in [2.45, 2.75) is 12.8 Å². The highest BCUT2D eigenvalue weighted by atomic mass is 32.1. The van der Waals surface area contributed by atoms with Gasteiger partial charge in [-0.05, 0) is 18.2 Å². The zero-order chi connectivity index (χ0) is 12.3. The Morgan fingerprint density at radius 2 is 2.35 bits per heavy atom. The Balaban J connectivity index is 2.00. The average Bonchev–Trinajstić information content (AvgIpc) is 2.83. The number of thiazole rings is 1. The van der Waals surface area contributed by atoms with Crippen molar-refractivity contribution in [1.82, 2.24) is 4.98 Å². The van der Waals surface area contributed by atoms with Crippen molar-refractivity contribution >= 4 is 22.7 Å². The SMILES string of the molecule is CC(CNc1cc(F)ccc1N)c1nccs1. The van der Waals surface area contributed by atoms with E-state index in [1.807, 2.05) is 5.38 Å². The van der Waals surface area contributed by atoms with Gasteiger partial charge in [-0.3, -0.25) is 0 Å². The quantitative estimate of drug-likeness (QED) is 0.821. The molecule has 0 aliphatic heterocycles. The van der Waals surface area contributed by atoms with Gasteiger partial charge in [0, 0.05) is 24.0 Å². The van der Waals surface area contributed by atoms with E-state index in [1.165, 1.54) is 12.1 Å². The first-order chi connectivity index (χ1) is 8.16. The van der Waals surface area contributed by atoms with Gasteiger partial charge >= 0.3 is 0 Å². The summed E-state index contributed by atoms with van der Waals surface area (Å²) in [4.78, 5) is 4.24. The number of hydrogen-bond donors (Lipinski definition) is 2. The van der Waals surface area contributed by atoms with Gasteiger partial charge in [-0.15, -0.1) is 11.3 Å². The first kappa shape index (κ1) is 11.9. The van der Waals surface area contributed by atoms with Crippen LogP contribution in [0.1, 0.15) is 17.8 Å². The second-order valence-electron chi connectivity index (χ2n) is 3.88. The Bertz CT molecular complexity index is 485. The Labute approximate surface area is 103 Å². The summed E-state index contributed by atoms with van der Waals surface area (Å²) in [7, 11) is 0. The maximum atomic E-state index is 13.0. The number of nitrogens with one attached hydrogen (secondary N) is 1.